The Kier molecular flexibility index (Phi) is 11.8. The van der Waals surface area contributed by atoms with Crippen LogP contribution >= 0.6 is 0 Å². The maximum Gasteiger partial charge on any atom is 0.315 e. The minimum Gasteiger partial charge on any atom is -0.390 e. The molecule has 2 aromatic carbocycles. The third-order valence-electron chi connectivity index (χ3n) is 7.54. The number of aliphatic hydroxyl groups excluding tert-OH is 1. The van der Waals surface area contributed by atoms with Crippen LogP contribution in [0.1, 0.15) is 56.2 Å². The number of carbonyl (C=O) groups is 2. The van der Waals surface area contributed by atoms with E-state index in [1.54, 1.807) is 0 Å². The Labute approximate surface area is 246 Å². The van der Waals surface area contributed by atoms with Crippen molar-refractivity contribution in [2.75, 3.05) is 25.1 Å². The standard InChI is InChI=1S/C30H42F2N4O5S/c1-4-6-12-42(40,41)19-26(36-29(39)33-3)28(38)35-25(16-21-14-23(31)17-24(32)15-21)27(37)18-34-30(10-11-30)22-9-7-8-20(5-2)13-22/h7-9,13-15,17,25-27,34,37H,4-6,10-12,16,18-19H2,1-3H3,(H,35,38)(H2,33,36,39)/t25-,26+,27+/m0/s1. The van der Waals surface area contributed by atoms with Gasteiger partial charge >= 0.3 is 6.03 Å². The van der Waals surface area contributed by atoms with E-state index in [4.69, 9.17) is 0 Å². The molecule has 0 aliphatic heterocycles. The highest BCUT2D eigenvalue weighted by Crippen LogP contribution is 2.45. The number of urea groups is 1. The lowest BCUT2D eigenvalue weighted by atomic mass is 9.98. The molecular formula is C30H42F2N4O5S. The van der Waals surface area contributed by atoms with Gasteiger partial charge in [-0.15, -0.1) is 0 Å². The number of halogens is 2. The highest BCUT2D eigenvalue weighted by atomic mass is 32.2. The molecule has 1 aliphatic carbocycles. The molecule has 3 amide bonds. The summed E-state index contributed by atoms with van der Waals surface area (Å²) in [6.07, 6.45) is 2.26. The van der Waals surface area contributed by atoms with Crippen molar-refractivity contribution >= 4 is 21.8 Å². The fraction of sp³-hybridized carbons (Fsp3) is 0.533. The second-order valence-electron chi connectivity index (χ2n) is 10.9. The van der Waals surface area contributed by atoms with Gasteiger partial charge in [0.2, 0.25) is 5.91 Å². The van der Waals surface area contributed by atoms with Crippen molar-refractivity contribution < 1.29 is 31.9 Å². The minimum absolute atomic E-state index is 0.0431. The monoisotopic (exact) mass is 608 g/mol. The second-order valence-corrected chi connectivity index (χ2v) is 13.2. The van der Waals surface area contributed by atoms with Crippen LogP contribution in [-0.4, -0.2) is 68.7 Å². The van der Waals surface area contributed by atoms with Crippen molar-refractivity contribution in [1.82, 2.24) is 21.3 Å². The van der Waals surface area contributed by atoms with Crippen molar-refractivity contribution in [3.63, 3.8) is 0 Å². The van der Waals surface area contributed by atoms with Gasteiger partial charge in [-0.1, -0.05) is 44.5 Å². The molecule has 5 N–H and O–H groups in total. The summed E-state index contributed by atoms with van der Waals surface area (Å²) in [7, 11) is -2.37. The van der Waals surface area contributed by atoms with E-state index >= 15 is 0 Å². The van der Waals surface area contributed by atoms with Crippen LogP contribution in [0.3, 0.4) is 0 Å². The number of amides is 3. The first-order chi connectivity index (χ1) is 19.9. The normalized spacial score (nSPS) is 16.2. The Morgan fingerprint density at radius 3 is 2.31 bits per heavy atom. The number of benzene rings is 2. The van der Waals surface area contributed by atoms with E-state index in [1.807, 2.05) is 25.1 Å². The van der Waals surface area contributed by atoms with Gasteiger partial charge in [0, 0.05) is 25.2 Å². The number of hydrogen-bond donors (Lipinski definition) is 5. The number of unbranched alkanes of at least 4 members (excludes halogenated alkanes) is 1. The van der Waals surface area contributed by atoms with Crippen molar-refractivity contribution in [1.29, 1.82) is 0 Å². The molecule has 0 unspecified atom stereocenters. The number of aryl methyl sites for hydroxylation is 1. The highest BCUT2D eigenvalue weighted by molar-refractivity contribution is 7.91. The lowest BCUT2D eigenvalue weighted by Gasteiger charge is -2.29. The largest absolute Gasteiger partial charge is 0.390 e. The number of carbonyl (C=O) groups excluding carboxylic acids is 2. The fourth-order valence-corrected chi connectivity index (χ4v) is 6.53. The highest BCUT2D eigenvalue weighted by Gasteiger charge is 2.44. The Hall–Kier alpha value is -3.09. The third kappa shape index (κ3) is 9.74. The van der Waals surface area contributed by atoms with Gasteiger partial charge in [-0.25, -0.2) is 22.0 Å². The first-order valence-electron chi connectivity index (χ1n) is 14.4. The molecular weight excluding hydrogens is 566 g/mol. The van der Waals surface area contributed by atoms with Crippen LogP contribution in [-0.2, 0) is 33.0 Å². The van der Waals surface area contributed by atoms with Gasteiger partial charge in [0.1, 0.15) is 17.7 Å². The Balaban J connectivity index is 1.82. The van der Waals surface area contributed by atoms with Gasteiger partial charge < -0.3 is 26.4 Å². The summed E-state index contributed by atoms with van der Waals surface area (Å²) < 4.78 is 53.3. The summed E-state index contributed by atoms with van der Waals surface area (Å²) in [6, 6.07) is 7.85. The average molecular weight is 609 g/mol. The molecule has 3 rings (SSSR count). The van der Waals surface area contributed by atoms with E-state index in [1.165, 1.54) is 12.6 Å². The lowest BCUT2D eigenvalue weighted by molar-refractivity contribution is -0.124. The van der Waals surface area contributed by atoms with Crippen LogP contribution in [0.5, 0.6) is 0 Å². The average Bonchev–Trinajstić information content (AvgIpc) is 3.74. The molecule has 0 bridgehead atoms. The molecule has 0 heterocycles. The summed E-state index contributed by atoms with van der Waals surface area (Å²) >= 11 is 0. The van der Waals surface area contributed by atoms with E-state index in [-0.39, 0.29) is 29.8 Å². The summed E-state index contributed by atoms with van der Waals surface area (Å²) in [4.78, 5) is 25.5. The number of rotatable bonds is 16. The predicted molar refractivity (Wildman–Crippen MR) is 158 cm³/mol. The zero-order chi connectivity index (χ0) is 30.9. The first-order valence-corrected chi connectivity index (χ1v) is 16.2. The smallest absolute Gasteiger partial charge is 0.315 e. The summed E-state index contributed by atoms with van der Waals surface area (Å²) in [6.45, 7) is 3.95. The molecule has 1 fully saturated rings. The number of hydrogen-bond acceptors (Lipinski definition) is 6. The van der Waals surface area contributed by atoms with Crippen molar-refractivity contribution in [2.45, 2.75) is 76.1 Å². The molecule has 12 heteroatoms. The Morgan fingerprint density at radius 2 is 1.71 bits per heavy atom. The van der Waals surface area contributed by atoms with Crippen LogP contribution in [0.15, 0.2) is 42.5 Å². The lowest BCUT2D eigenvalue weighted by Crippen LogP contribution is -2.58. The maximum absolute atomic E-state index is 14.0. The maximum atomic E-state index is 14.0. The van der Waals surface area contributed by atoms with E-state index in [0.29, 0.717) is 12.8 Å². The molecule has 1 saturated carbocycles. The van der Waals surface area contributed by atoms with Crippen LogP contribution in [0.2, 0.25) is 0 Å². The Bertz CT molecular complexity index is 1320. The zero-order valence-corrected chi connectivity index (χ0v) is 25.2. The van der Waals surface area contributed by atoms with Gasteiger partial charge in [-0.2, -0.15) is 0 Å². The van der Waals surface area contributed by atoms with Gasteiger partial charge in [0.15, 0.2) is 9.84 Å². The van der Waals surface area contributed by atoms with Gasteiger partial charge in [0.25, 0.3) is 0 Å². The van der Waals surface area contributed by atoms with Crippen molar-refractivity contribution in [3.8, 4) is 0 Å². The third-order valence-corrected chi connectivity index (χ3v) is 9.29. The van der Waals surface area contributed by atoms with E-state index in [9.17, 15) is 31.9 Å². The van der Waals surface area contributed by atoms with Gasteiger partial charge in [-0.05, 0) is 60.9 Å². The second kappa shape index (κ2) is 14.9. The zero-order valence-electron chi connectivity index (χ0n) is 24.4. The molecule has 232 valence electrons. The Morgan fingerprint density at radius 1 is 1.02 bits per heavy atom. The van der Waals surface area contributed by atoms with Gasteiger partial charge in [0.05, 0.1) is 23.7 Å². The van der Waals surface area contributed by atoms with Crippen LogP contribution in [0.25, 0.3) is 0 Å². The van der Waals surface area contributed by atoms with Gasteiger partial charge in [-0.3, -0.25) is 4.79 Å². The number of nitrogens with one attached hydrogen (secondary N) is 4. The van der Waals surface area contributed by atoms with Crippen molar-refractivity contribution in [3.05, 3.63) is 70.8 Å². The van der Waals surface area contributed by atoms with E-state index < -0.39 is 57.4 Å². The fourth-order valence-electron chi connectivity index (χ4n) is 4.89. The summed E-state index contributed by atoms with van der Waals surface area (Å²) in [5.74, 6) is -3.24. The summed E-state index contributed by atoms with van der Waals surface area (Å²) in [5, 5.41) is 22.0. The first kappa shape index (κ1) is 33.4. The quantitative estimate of drug-likeness (QED) is 0.199. The molecule has 0 aromatic heterocycles. The molecule has 0 spiro atoms. The molecule has 3 atom stereocenters. The topological polar surface area (TPSA) is 137 Å². The molecule has 42 heavy (non-hydrogen) atoms. The molecule has 0 radical (unpaired) electrons. The molecule has 9 nitrogen and oxygen atoms in total. The molecule has 1 aliphatic rings. The molecule has 0 saturated heterocycles. The number of sulfone groups is 1. The van der Waals surface area contributed by atoms with E-state index in [0.717, 1.165) is 43.0 Å². The summed E-state index contributed by atoms with van der Waals surface area (Å²) in [5.41, 5.74) is 2.14. The minimum atomic E-state index is -3.70. The van der Waals surface area contributed by atoms with Crippen LogP contribution in [0, 0.1) is 11.6 Å². The number of aliphatic hydroxyl groups is 1. The molecule has 2 aromatic rings. The SMILES string of the molecule is CCCCS(=O)(=O)C[C@@H](NC(=O)NC)C(=O)N[C@@H](Cc1cc(F)cc(F)c1)[C@H](O)CNC1(c2cccc(CC)c2)CC1. The van der Waals surface area contributed by atoms with E-state index in [2.05, 4.69) is 34.3 Å². The van der Waals surface area contributed by atoms with Crippen LogP contribution in [0.4, 0.5) is 13.6 Å². The predicted octanol–water partition coefficient (Wildman–Crippen LogP) is 2.71. The van der Waals surface area contributed by atoms with Crippen molar-refractivity contribution in [2.24, 2.45) is 0 Å². The van der Waals surface area contributed by atoms with Crippen LogP contribution < -0.4 is 21.3 Å².